The number of piperazine rings is 1. The lowest BCUT2D eigenvalue weighted by atomic mass is 9.96. The molecule has 0 aliphatic carbocycles. The summed E-state index contributed by atoms with van der Waals surface area (Å²) in [5.41, 5.74) is 0.759. The lowest BCUT2D eigenvalue weighted by Crippen LogP contribution is -2.60. The summed E-state index contributed by atoms with van der Waals surface area (Å²) < 4.78 is 1.84. The molecule has 2 fully saturated rings. The number of carbonyl (C=O) groups excluding carboxylic acids is 1. The zero-order chi connectivity index (χ0) is 15.0. The minimum Gasteiger partial charge on any atom is -0.333 e. The van der Waals surface area contributed by atoms with E-state index in [-0.39, 0.29) is 11.9 Å². The molecule has 114 valence electrons. The molecule has 21 heavy (non-hydrogen) atoms. The van der Waals surface area contributed by atoms with E-state index in [1.165, 1.54) is 25.8 Å². The molecule has 2 unspecified atom stereocenters. The smallest absolute Gasteiger partial charge is 0.255 e. The van der Waals surface area contributed by atoms with Gasteiger partial charge in [-0.05, 0) is 60.4 Å². The Bertz CT molecular complexity index is 549. The number of rotatable bonds is 1. The summed E-state index contributed by atoms with van der Waals surface area (Å²) in [6.07, 6.45) is 3.81. The molecule has 2 aliphatic rings. The fraction of sp³-hybridized carbons (Fsp3) is 0.562. The number of fused-ring (bicyclic) bond motifs is 1. The Kier molecular flexibility index (Phi) is 4.71. The third-order valence-corrected chi connectivity index (χ3v) is 5.76. The fourth-order valence-electron chi connectivity index (χ4n) is 3.45. The first-order valence-electron chi connectivity index (χ1n) is 7.56. The SMILES string of the molecule is CC1CN2CCCCC2CN1C(=O)c1ccc(Br)cc1Br. The van der Waals surface area contributed by atoms with Crippen molar-refractivity contribution in [2.75, 3.05) is 19.6 Å². The molecule has 2 aliphatic heterocycles. The van der Waals surface area contributed by atoms with Crippen LogP contribution in [0.2, 0.25) is 0 Å². The van der Waals surface area contributed by atoms with Crippen LogP contribution in [0.25, 0.3) is 0 Å². The first-order valence-corrected chi connectivity index (χ1v) is 9.15. The van der Waals surface area contributed by atoms with Gasteiger partial charge in [0.15, 0.2) is 0 Å². The molecule has 3 nitrogen and oxygen atoms in total. The van der Waals surface area contributed by atoms with Crippen LogP contribution in [0.5, 0.6) is 0 Å². The van der Waals surface area contributed by atoms with Crippen molar-refractivity contribution in [2.24, 2.45) is 0 Å². The maximum atomic E-state index is 12.9. The highest BCUT2D eigenvalue weighted by Gasteiger charge is 2.35. The van der Waals surface area contributed by atoms with Crippen LogP contribution in [0, 0.1) is 0 Å². The average molecular weight is 416 g/mol. The van der Waals surface area contributed by atoms with E-state index in [9.17, 15) is 4.79 Å². The molecule has 1 amide bonds. The van der Waals surface area contributed by atoms with Gasteiger partial charge in [-0.15, -0.1) is 0 Å². The van der Waals surface area contributed by atoms with Crippen LogP contribution in [0.1, 0.15) is 36.5 Å². The second kappa shape index (κ2) is 6.39. The van der Waals surface area contributed by atoms with Crippen molar-refractivity contribution in [2.45, 2.75) is 38.3 Å². The van der Waals surface area contributed by atoms with Crippen molar-refractivity contribution in [1.29, 1.82) is 0 Å². The van der Waals surface area contributed by atoms with Crippen LogP contribution in [0.4, 0.5) is 0 Å². The molecular weight excluding hydrogens is 396 g/mol. The van der Waals surface area contributed by atoms with E-state index in [2.05, 4.69) is 48.6 Å². The van der Waals surface area contributed by atoms with Crippen molar-refractivity contribution in [3.05, 3.63) is 32.7 Å². The maximum Gasteiger partial charge on any atom is 0.255 e. The normalized spacial score (nSPS) is 26.5. The Morgan fingerprint density at radius 3 is 2.81 bits per heavy atom. The van der Waals surface area contributed by atoms with E-state index in [0.717, 1.165) is 27.6 Å². The number of carbonyl (C=O) groups is 1. The predicted octanol–water partition coefficient (Wildman–Crippen LogP) is 3.91. The number of piperidine rings is 1. The monoisotopic (exact) mass is 414 g/mol. The average Bonchev–Trinajstić information content (AvgIpc) is 2.46. The van der Waals surface area contributed by atoms with Crippen molar-refractivity contribution in [3.8, 4) is 0 Å². The van der Waals surface area contributed by atoms with Gasteiger partial charge >= 0.3 is 0 Å². The lowest BCUT2D eigenvalue weighted by molar-refractivity contribution is 0.0151. The number of halogens is 2. The molecule has 0 N–H and O–H groups in total. The van der Waals surface area contributed by atoms with Gasteiger partial charge in [-0.3, -0.25) is 9.69 Å². The molecule has 0 spiro atoms. The second-order valence-corrected chi connectivity index (χ2v) is 7.85. The van der Waals surface area contributed by atoms with Crippen LogP contribution in [-0.2, 0) is 0 Å². The van der Waals surface area contributed by atoms with E-state index in [4.69, 9.17) is 0 Å². The van der Waals surface area contributed by atoms with Crippen LogP contribution in [-0.4, -0.2) is 47.4 Å². The van der Waals surface area contributed by atoms with Gasteiger partial charge in [0.25, 0.3) is 5.91 Å². The summed E-state index contributed by atoms with van der Waals surface area (Å²) in [6, 6.07) is 6.60. The number of hydrogen-bond acceptors (Lipinski definition) is 2. The van der Waals surface area contributed by atoms with E-state index in [0.29, 0.717) is 6.04 Å². The summed E-state index contributed by atoms with van der Waals surface area (Å²) in [5, 5.41) is 0. The molecule has 0 saturated carbocycles. The Morgan fingerprint density at radius 1 is 1.24 bits per heavy atom. The number of hydrogen-bond donors (Lipinski definition) is 0. The van der Waals surface area contributed by atoms with E-state index in [1.54, 1.807) is 0 Å². The highest BCUT2D eigenvalue weighted by Crippen LogP contribution is 2.28. The van der Waals surface area contributed by atoms with Gasteiger partial charge in [-0.2, -0.15) is 0 Å². The lowest BCUT2D eigenvalue weighted by Gasteiger charge is -2.47. The van der Waals surface area contributed by atoms with E-state index >= 15 is 0 Å². The Hall–Kier alpha value is -0.390. The van der Waals surface area contributed by atoms with Crippen molar-refractivity contribution >= 4 is 37.8 Å². The van der Waals surface area contributed by atoms with E-state index < -0.39 is 0 Å². The predicted molar refractivity (Wildman–Crippen MR) is 91.6 cm³/mol. The first-order chi connectivity index (χ1) is 10.1. The molecule has 2 heterocycles. The van der Waals surface area contributed by atoms with Crippen molar-refractivity contribution < 1.29 is 4.79 Å². The second-order valence-electron chi connectivity index (χ2n) is 6.08. The van der Waals surface area contributed by atoms with Gasteiger partial charge in [0.2, 0.25) is 0 Å². The third kappa shape index (κ3) is 3.20. The molecule has 3 rings (SSSR count). The molecule has 5 heteroatoms. The van der Waals surface area contributed by atoms with Gasteiger partial charge in [0.05, 0.1) is 5.56 Å². The minimum absolute atomic E-state index is 0.145. The van der Waals surface area contributed by atoms with Gasteiger partial charge in [0, 0.05) is 34.1 Å². The third-order valence-electron chi connectivity index (χ3n) is 4.61. The summed E-state index contributed by atoms with van der Waals surface area (Å²) in [5.74, 6) is 0.145. The molecule has 2 atom stereocenters. The number of amides is 1. The summed E-state index contributed by atoms with van der Waals surface area (Å²) >= 11 is 6.95. The molecule has 1 aromatic carbocycles. The fourth-order valence-corrected chi connectivity index (χ4v) is 4.67. The van der Waals surface area contributed by atoms with Crippen LogP contribution < -0.4 is 0 Å². The van der Waals surface area contributed by atoms with Gasteiger partial charge in [-0.1, -0.05) is 22.4 Å². The molecule has 0 aromatic heterocycles. The highest BCUT2D eigenvalue weighted by molar-refractivity contribution is 9.11. The number of benzene rings is 1. The van der Waals surface area contributed by atoms with Gasteiger partial charge in [0.1, 0.15) is 0 Å². The van der Waals surface area contributed by atoms with Crippen molar-refractivity contribution in [1.82, 2.24) is 9.80 Å². The molecule has 0 radical (unpaired) electrons. The quantitative estimate of drug-likeness (QED) is 0.694. The van der Waals surface area contributed by atoms with Gasteiger partial charge in [-0.25, -0.2) is 0 Å². The summed E-state index contributed by atoms with van der Waals surface area (Å²) in [4.78, 5) is 17.5. The molecule has 2 saturated heterocycles. The standard InChI is InChI=1S/C16H20Br2N2O/c1-11-9-19-7-3-2-4-13(19)10-20(11)16(21)14-6-5-12(17)8-15(14)18/h5-6,8,11,13H,2-4,7,9-10H2,1H3. The molecular formula is C16H20Br2N2O. The van der Waals surface area contributed by atoms with E-state index in [1.807, 2.05) is 18.2 Å². The topological polar surface area (TPSA) is 23.6 Å². The Labute approximate surface area is 142 Å². The van der Waals surface area contributed by atoms with Crippen LogP contribution in [0.3, 0.4) is 0 Å². The highest BCUT2D eigenvalue weighted by atomic mass is 79.9. The summed E-state index contributed by atoms with van der Waals surface area (Å²) in [6.45, 7) is 5.22. The Morgan fingerprint density at radius 2 is 2.05 bits per heavy atom. The van der Waals surface area contributed by atoms with Gasteiger partial charge < -0.3 is 4.90 Å². The zero-order valence-electron chi connectivity index (χ0n) is 12.2. The summed E-state index contributed by atoms with van der Waals surface area (Å²) in [7, 11) is 0. The molecule has 0 bridgehead atoms. The molecule has 1 aromatic rings. The minimum atomic E-state index is 0.145. The Balaban J connectivity index is 1.80. The number of nitrogens with zero attached hydrogens (tertiary/aromatic N) is 2. The maximum absolute atomic E-state index is 12.9. The van der Waals surface area contributed by atoms with Crippen LogP contribution in [0.15, 0.2) is 27.1 Å². The van der Waals surface area contributed by atoms with Crippen molar-refractivity contribution in [3.63, 3.8) is 0 Å². The zero-order valence-corrected chi connectivity index (χ0v) is 15.4. The first kappa shape index (κ1) is 15.5. The van der Waals surface area contributed by atoms with Crippen LogP contribution >= 0.6 is 31.9 Å². The largest absolute Gasteiger partial charge is 0.333 e.